The summed E-state index contributed by atoms with van der Waals surface area (Å²) in [6.07, 6.45) is 3.79. The Kier molecular flexibility index (Phi) is 9.09. The molecule has 1 atom stereocenters. The Morgan fingerprint density at radius 2 is 1.61 bits per heavy atom. The summed E-state index contributed by atoms with van der Waals surface area (Å²) in [5, 5.41) is 8.13. The molecule has 4 aromatic carbocycles. The highest BCUT2D eigenvalue weighted by atomic mass is 32.2. The van der Waals surface area contributed by atoms with Crippen LogP contribution in [0.4, 0.5) is 10.7 Å². The van der Waals surface area contributed by atoms with Gasteiger partial charge in [0.15, 0.2) is 0 Å². The van der Waals surface area contributed by atoms with Gasteiger partial charge in [-0.15, -0.1) is 23.1 Å². The number of carbonyl (C=O) groups excluding carboxylic acids is 3. The maximum Gasteiger partial charge on any atom is 0.341 e. The van der Waals surface area contributed by atoms with Crippen LogP contribution in [0.1, 0.15) is 61.7 Å². The minimum Gasteiger partial charge on any atom is -0.462 e. The van der Waals surface area contributed by atoms with Crippen molar-refractivity contribution >= 4 is 62.3 Å². The molecule has 0 saturated heterocycles. The van der Waals surface area contributed by atoms with Crippen molar-refractivity contribution in [2.75, 3.05) is 17.2 Å². The zero-order valence-electron chi connectivity index (χ0n) is 24.3. The molecule has 8 heteroatoms. The molecule has 0 radical (unpaired) electrons. The molecule has 0 fully saturated rings. The van der Waals surface area contributed by atoms with Crippen molar-refractivity contribution in [1.29, 1.82) is 0 Å². The fourth-order valence-electron chi connectivity index (χ4n) is 5.47. The van der Waals surface area contributed by atoms with Crippen LogP contribution in [0.5, 0.6) is 0 Å². The average molecular weight is 621 g/mol. The summed E-state index contributed by atoms with van der Waals surface area (Å²) in [5.74, 6) is -0.819. The van der Waals surface area contributed by atoms with E-state index in [2.05, 4.69) is 10.6 Å². The summed E-state index contributed by atoms with van der Waals surface area (Å²) >= 11 is 2.87. The molecule has 1 aromatic heterocycles. The van der Waals surface area contributed by atoms with Crippen LogP contribution < -0.4 is 10.6 Å². The van der Waals surface area contributed by atoms with Crippen molar-refractivity contribution in [2.24, 2.45) is 0 Å². The molecule has 1 aliphatic rings. The second-order valence-electron chi connectivity index (χ2n) is 10.6. The zero-order chi connectivity index (χ0) is 30.5. The van der Waals surface area contributed by atoms with Crippen molar-refractivity contribution in [3.8, 4) is 0 Å². The smallest absolute Gasteiger partial charge is 0.341 e. The van der Waals surface area contributed by atoms with E-state index in [4.69, 9.17) is 4.74 Å². The predicted octanol–water partition coefficient (Wildman–Crippen LogP) is 8.68. The van der Waals surface area contributed by atoms with E-state index >= 15 is 0 Å². The van der Waals surface area contributed by atoms with Crippen molar-refractivity contribution in [1.82, 2.24) is 0 Å². The van der Waals surface area contributed by atoms with Crippen LogP contribution in [0.25, 0.3) is 10.8 Å². The van der Waals surface area contributed by atoms with Gasteiger partial charge in [0.1, 0.15) is 10.3 Å². The number of thiophene rings is 1. The number of rotatable bonds is 9. The molecule has 1 heterocycles. The van der Waals surface area contributed by atoms with Gasteiger partial charge in [-0.25, -0.2) is 4.79 Å². The van der Waals surface area contributed by atoms with Crippen molar-refractivity contribution in [3.63, 3.8) is 0 Å². The van der Waals surface area contributed by atoms with Crippen LogP contribution in [0.2, 0.25) is 0 Å². The van der Waals surface area contributed by atoms with E-state index in [1.165, 1.54) is 23.1 Å². The van der Waals surface area contributed by atoms with Gasteiger partial charge in [-0.2, -0.15) is 0 Å². The van der Waals surface area contributed by atoms with Gasteiger partial charge in [-0.3, -0.25) is 9.59 Å². The third-order valence-electron chi connectivity index (χ3n) is 7.59. The Hall–Kier alpha value is -4.40. The molecule has 44 heavy (non-hydrogen) atoms. The van der Waals surface area contributed by atoms with Crippen molar-refractivity contribution in [3.05, 3.63) is 124 Å². The molecule has 2 N–H and O–H groups in total. The number of benzene rings is 4. The van der Waals surface area contributed by atoms with Crippen molar-refractivity contribution in [2.45, 2.75) is 42.8 Å². The number of thioether (sulfide) groups is 1. The van der Waals surface area contributed by atoms with Gasteiger partial charge >= 0.3 is 5.97 Å². The largest absolute Gasteiger partial charge is 0.462 e. The van der Waals surface area contributed by atoms with E-state index in [1.54, 1.807) is 6.92 Å². The number of hydrogen-bond donors (Lipinski definition) is 2. The molecule has 222 valence electrons. The highest BCUT2D eigenvalue weighted by Crippen LogP contribution is 2.41. The maximum absolute atomic E-state index is 14.0. The standard InChI is InChI=1S/C36H32N2O4S2/c1-2-42-36(41)31-29-17-8-9-18-30(29)44-35(31)38-34(40)32(24-12-4-3-5-13-24)43-28-16-10-15-27(22-28)37-33(39)26-20-19-23-11-6-7-14-25(23)21-26/h3-7,10-16,19-22,32H,2,8-9,17-18H2,1H3,(H,37,39)(H,38,40). The Balaban J connectivity index is 1.24. The van der Waals surface area contributed by atoms with Gasteiger partial charge in [-0.05, 0) is 84.8 Å². The quantitative estimate of drug-likeness (QED) is 0.127. The first kappa shape index (κ1) is 29.7. The van der Waals surface area contributed by atoms with Crippen LogP contribution in [-0.2, 0) is 22.4 Å². The van der Waals surface area contributed by atoms with E-state index in [0.29, 0.717) is 21.8 Å². The number of fused-ring (bicyclic) bond motifs is 2. The Morgan fingerprint density at radius 3 is 2.43 bits per heavy atom. The van der Waals surface area contributed by atoms with Gasteiger partial charge in [0, 0.05) is 21.0 Å². The maximum atomic E-state index is 14.0. The number of carbonyl (C=O) groups is 3. The van der Waals surface area contributed by atoms with E-state index in [1.807, 2.05) is 97.1 Å². The lowest BCUT2D eigenvalue weighted by molar-refractivity contribution is -0.115. The predicted molar refractivity (Wildman–Crippen MR) is 179 cm³/mol. The Morgan fingerprint density at radius 1 is 0.841 bits per heavy atom. The summed E-state index contributed by atoms with van der Waals surface area (Å²) in [5.41, 5.74) is 3.54. The van der Waals surface area contributed by atoms with E-state index in [-0.39, 0.29) is 24.4 Å². The fraction of sp³-hybridized carbons (Fsp3) is 0.194. The molecule has 2 amide bonds. The molecular formula is C36H32N2O4S2. The molecule has 0 aliphatic heterocycles. The highest BCUT2D eigenvalue weighted by molar-refractivity contribution is 8.00. The van der Waals surface area contributed by atoms with Gasteiger partial charge in [0.2, 0.25) is 5.91 Å². The van der Waals surface area contributed by atoms with E-state index in [0.717, 1.165) is 57.4 Å². The van der Waals surface area contributed by atoms with Crippen LogP contribution in [0, 0.1) is 0 Å². The van der Waals surface area contributed by atoms with Crippen LogP contribution >= 0.6 is 23.1 Å². The lowest BCUT2D eigenvalue weighted by Crippen LogP contribution is -2.20. The second-order valence-corrected chi connectivity index (χ2v) is 12.9. The molecule has 0 saturated carbocycles. The molecular weight excluding hydrogens is 589 g/mol. The first-order chi connectivity index (χ1) is 21.5. The summed E-state index contributed by atoms with van der Waals surface area (Å²) in [6.45, 7) is 2.06. The number of esters is 1. The first-order valence-electron chi connectivity index (χ1n) is 14.7. The van der Waals surface area contributed by atoms with Crippen molar-refractivity contribution < 1.29 is 19.1 Å². The second kappa shape index (κ2) is 13.5. The third kappa shape index (κ3) is 6.56. The average Bonchev–Trinajstić information content (AvgIpc) is 3.42. The number of amides is 2. The summed E-state index contributed by atoms with van der Waals surface area (Å²) in [6, 6.07) is 30.6. The topological polar surface area (TPSA) is 84.5 Å². The van der Waals surface area contributed by atoms with Gasteiger partial charge < -0.3 is 15.4 Å². The van der Waals surface area contributed by atoms with Gasteiger partial charge in [0.05, 0.1) is 12.2 Å². The number of hydrogen-bond acceptors (Lipinski definition) is 6. The molecule has 1 unspecified atom stereocenters. The first-order valence-corrected chi connectivity index (χ1v) is 16.4. The minimum absolute atomic E-state index is 0.205. The molecule has 6 nitrogen and oxygen atoms in total. The number of nitrogens with one attached hydrogen (secondary N) is 2. The number of aryl methyl sites for hydroxylation is 1. The summed E-state index contributed by atoms with van der Waals surface area (Å²) in [4.78, 5) is 42.1. The number of anilines is 2. The molecule has 6 rings (SSSR count). The number of ether oxygens (including phenoxy) is 1. The normalized spacial score (nSPS) is 13.1. The van der Waals surface area contributed by atoms with E-state index < -0.39 is 5.25 Å². The lowest BCUT2D eigenvalue weighted by atomic mass is 9.95. The summed E-state index contributed by atoms with van der Waals surface area (Å²) in [7, 11) is 0. The Bertz CT molecular complexity index is 1830. The SMILES string of the molecule is CCOC(=O)c1c(NC(=O)C(Sc2cccc(NC(=O)c3ccc4ccccc4c3)c2)c2ccccc2)sc2c1CCCC2. The van der Waals surface area contributed by atoms with Crippen LogP contribution in [-0.4, -0.2) is 24.4 Å². The van der Waals surface area contributed by atoms with E-state index in [9.17, 15) is 14.4 Å². The van der Waals surface area contributed by atoms with Crippen LogP contribution in [0.3, 0.4) is 0 Å². The minimum atomic E-state index is -0.600. The zero-order valence-corrected chi connectivity index (χ0v) is 25.9. The highest BCUT2D eigenvalue weighted by Gasteiger charge is 2.30. The van der Waals surface area contributed by atoms with Crippen LogP contribution in [0.15, 0.2) is 102 Å². The molecule has 0 bridgehead atoms. The summed E-state index contributed by atoms with van der Waals surface area (Å²) < 4.78 is 5.39. The lowest BCUT2D eigenvalue weighted by Gasteiger charge is -2.18. The molecule has 1 aliphatic carbocycles. The Labute approximate surface area is 264 Å². The molecule has 5 aromatic rings. The van der Waals surface area contributed by atoms with Gasteiger partial charge in [-0.1, -0.05) is 66.7 Å². The molecule has 0 spiro atoms. The third-order valence-corrected chi connectivity index (χ3v) is 10.0. The van der Waals surface area contributed by atoms with Gasteiger partial charge in [0.25, 0.3) is 5.91 Å². The fourth-order valence-corrected chi connectivity index (χ4v) is 7.83. The monoisotopic (exact) mass is 620 g/mol.